The zero-order valence-corrected chi connectivity index (χ0v) is 56.6. The van der Waals surface area contributed by atoms with Gasteiger partial charge in [-0.3, -0.25) is 4.57 Å². The Balaban J connectivity index is 1.01. The SMILES string of the molecule is CC(C)(C)c1cc(-[n+]2[c-]n(-c3cccc(Oc4ccc5c6cc(C(C)(C)C)ccc6n(-c6cc(C(C)(C)C)ccn6)c5c4)c3)nc2-c2c(-c3cc(-c4ccccc4)cc(-c4ccccc4)c3)cccc2-c2cc(-c3ccccc3)cc(-c3ccccc3)c2)cc(C(C)(C)C)c1. The lowest BCUT2D eigenvalue weighted by atomic mass is 9.80. The summed E-state index contributed by atoms with van der Waals surface area (Å²) in [5.74, 6) is 2.96. The van der Waals surface area contributed by atoms with Gasteiger partial charge in [-0.2, -0.15) is 4.68 Å². The van der Waals surface area contributed by atoms with Gasteiger partial charge in [-0.05, 0) is 201 Å². The first-order valence-corrected chi connectivity index (χ1v) is 33.2. The van der Waals surface area contributed by atoms with Crippen LogP contribution in [0.3, 0.4) is 0 Å². The van der Waals surface area contributed by atoms with Gasteiger partial charge in [0.1, 0.15) is 17.3 Å². The number of ether oxygens (including phenoxy) is 1. The van der Waals surface area contributed by atoms with Crippen LogP contribution in [0.15, 0.2) is 273 Å². The smallest absolute Gasteiger partial charge is 0.233 e. The van der Waals surface area contributed by atoms with Crippen molar-refractivity contribution in [3.63, 3.8) is 0 Å². The largest absolute Gasteiger partial charge is 0.458 e. The van der Waals surface area contributed by atoms with Crippen LogP contribution >= 0.6 is 0 Å². The van der Waals surface area contributed by atoms with E-state index in [1.807, 2.05) is 23.0 Å². The molecule has 0 N–H and O–H groups in total. The van der Waals surface area contributed by atoms with Crippen LogP contribution in [0.4, 0.5) is 0 Å². The zero-order valence-electron chi connectivity index (χ0n) is 56.6. The fourth-order valence-electron chi connectivity index (χ4n) is 13.0. The molecule has 0 atom stereocenters. The fraction of sp³-hybridized carbons (Fsp3) is 0.180. The maximum absolute atomic E-state index is 7.05. The summed E-state index contributed by atoms with van der Waals surface area (Å²) in [4.78, 5) is 5.03. The van der Waals surface area contributed by atoms with Crippen LogP contribution in [0.5, 0.6) is 11.5 Å². The Morgan fingerprint density at radius 3 is 1.31 bits per heavy atom. The summed E-state index contributed by atoms with van der Waals surface area (Å²) in [6.45, 7) is 27.3. The fourth-order valence-corrected chi connectivity index (χ4v) is 13.0. The summed E-state index contributed by atoms with van der Waals surface area (Å²) in [5.41, 5.74) is 22.5. The van der Waals surface area contributed by atoms with Crippen LogP contribution in [0, 0.1) is 6.33 Å². The number of rotatable bonds is 12. The van der Waals surface area contributed by atoms with Gasteiger partial charge >= 0.3 is 0 Å². The Bertz CT molecular complexity index is 4870. The standard InChI is InChI=1S/C89H81N5O/c1-86(2,3)69-39-42-81-80(54-69)79-41-40-76(57-82(79)94(81)83-55-70(43-44-90-83)87(4,5)6)95-75-36-25-35-73(56-75)93-58-92(74-52-71(88(7,8)9)51-72(53-74)89(10,11)12)85(91-93)84-77(67-47-63(59-27-17-13-18-28-59)45-64(48-67)60-29-19-14-20-30-60)37-26-38-78(84)68-49-65(61-31-21-15-22-32-61)46-66(50-68)62-33-23-16-24-34-62/h13-57H,1-12H3. The molecule has 11 aromatic carbocycles. The third kappa shape index (κ3) is 12.6. The lowest BCUT2D eigenvalue weighted by Gasteiger charge is -2.27. The number of fused-ring (bicyclic) bond motifs is 3. The molecule has 468 valence electrons. The number of pyridine rings is 1. The highest BCUT2D eigenvalue weighted by Crippen LogP contribution is 2.45. The molecule has 95 heavy (non-hydrogen) atoms. The minimum atomic E-state index is -0.182. The highest BCUT2D eigenvalue weighted by atomic mass is 16.5. The van der Waals surface area contributed by atoms with Crippen molar-refractivity contribution in [1.82, 2.24) is 19.3 Å². The molecule has 0 fully saturated rings. The maximum Gasteiger partial charge on any atom is 0.233 e. The Hall–Kier alpha value is -10.7. The van der Waals surface area contributed by atoms with E-state index in [2.05, 4.69) is 353 Å². The van der Waals surface area contributed by atoms with Crippen molar-refractivity contribution in [2.24, 2.45) is 0 Å². The van der Waals surface area contributed by atoms with Gasteiger partial charge in [0.2, 0.25) is 12.2 Å². The Morgan fingerprint density at radius 1 is 0.347 bits per heavy atom. The average Bonchev–Trinajstić information content (AvgIpc) is 1.66. The molecule has 3 heterocycles. The molecular formula is C89H81N5O. The van der Waals surface area contributed by atoms with E-state index >= 15 is 0 Å². The molecule has 0 unspecified atom stereocenters. The lowest BCUT2D eigenvalue weighted by Crippen LogP contribution is -2.33. The first kappa shape index (κ1) is 61.8. The second kappa shape index (κ2) is 24.3. The first-order valence-electron chi connectivity index (χ1n) is 33.2. The molecule has 0 radical (unpaired) electrons. The molecule has 0 amide bonds. The van der Waals surface area contributed by atoms with Crippen molar-refractivity contribution in [2.75, 3.05) is 0 Å². The normalized spacial score (nSPS) is 12.2. The van der Waals surface area contributed by atoms with Crippen LogP contribution < -0.4 is 9.30 Å². The Kier molecular flexibility index (Phi) is 15.8. The summed E-state index contributed by atoms with van der Waals surface area (Å²) in [5, 5.41) is 8.18. The number of nitrogens with zero attached hydrogens (tertiary/aromatic N) is 5. The molecule has 0 aliphatic carbocycles. The topological polar surface area (TPSA) is 48.8 Å². The van der Waals surface area contributed by atoms with Crippen molar-refractivity contribution in [3.05, 3.63) is 302 Å². The molecule has 14 aromatic rings. The van der Waals surface area contributed by atoms with Crippen LogP contribution in [0.1, 0.15) is 105 Å². The van der Waals surface area contributed by atoms with Crippen LogP contribution in [-0.4, -0.2) is 19.3 Å². The van der Waals surface area contributed by atoms with Gasteiger partial charge < -0.3 is 9.30 Å². The summed E-state index contributed by atoms with van der Waals surface area (Å²) in [6, 6.07) is 96.7. The first-order chi connectivity index (χ1) is 45.6. The predicted octanol–water partition coefficient (Wildman–Crippen LogP) is 23.1. The molecule has 0 saturated heterocycles. The number of aromatic nitrogens is 5. The van der Waals surface area contributed by atoms with Crippen molar-refractivity contribution in [1.29, 1.82) is 0 Å². The van der Waals surface area contributed by atoms with E-state index in [0.717, 1.165) is 112 Å². The quantitative estimate of drug-likeness (QED) is 0.0905. The van der Waals surface area contributed by atoms with Gasteiger partial charge in [0.25, 0.3) is 0 Å². The molecule has 6 heteroatoms. The summed E-state index contributed by atoms with van der Waals surface area (Å²) in [6.07, 6.45) is 5.85. The van der Waals surface area contributed by atoms with Crippen LogP contribution in [0.25, 0.3) is 117 Å². The average molecular weight is 1240 g/mol. The molecule has 14 rings (SSSR count). The van der Waals surface area contributed by atoms with Gasteiger partial charge in [0.15, 0.2) is 0 Å². The molecule has 3 aromatic heterocycles. The van der Waals surface area contributed by atoms with E-state index in [0.29, 0.717) is 11.5 Å². The minimum absolute atomic E-state index is 0.0349. The number of benzene rings is 11. The molecule has 0 bridgehead atoms. The predicted molar refractivity (Wildman–Crippen MR) is 395 cm³/mol. The van der Waals surface area contributed by atoms with Gasteiger partial charge in [0.05, 0.1) is 16.7 Å². The van der Waals surface area contributed by atoms with E-state index in [1.54, 1.807) is 0 Å². The lowest BCUT2D eigenvalue weighted by molar-refractivity contribution is -0.589. The number of hydrogen-bond acceptors (Lipinski definition) is 3. The number of hydrogen-bond donors (Lipinski definition) is 0. The van der Waals surface area contributed by atoms with Gasteiger partial charge in [-0.1, -0.05) is 259 Å². The highest BCUT2D eigenvalue weighted by molar-refractivity contribution is 6.10. The van der Waals surface area contributed by atoms with Gasteiger partial charge in [0, 0.05) is 34.3 Å². The molecule has 0 aliphatic heterocycles. The minimum Gasteiger partial charge on any atom is -0.458 e. The zero-order chi connectivity index (χ0) is 66.0. The monoisotopic (exact) mass is 1240 g/mol. The molecule has 0 saturated carbocycles. The van der Waals surface area contributed by atoms with Crippen molar-refractivity contribution in [2.45, 2.75) is 105 Å². The van der Waals surface area contributed by atoms with E-state index in [-0.39, 0.29) is 21.7 Å². The molecule has 0 aliphatic rings. The van der Waals surface area contributed by atoms with Crippen LogP contribution in [0.2, 0.25) is 0 Å². The van der Waals surface area contributed by atoms with Crippen molar-refractivity contribution in [3.8, 4) is 107 Å². The van der Waals surface area contributed by atoms with E-state index in [1.165, 1.54) is 27.6 Å². The van der Waals surface area contributed by atoms with E-state index in [9.17, 15) is 0 Å². The van der Waals surface area contributed by atoms with Gasteiger partial charge in [-0.25, -0.2) is 4.98 Å². The molecule has 0 spiro atoms. The third-order valence-corrected chi connectivity index (χ3v) is 18.5. The third-order valence-electron chi connectivity index (χ3n) is 18.5. The van der Waals surface area contributed by atoms with Crippen molar-refractivity contribution >= 4 is 21.8 Å². The Labute approximate surface area is 560 Å². The van der Waals surface area contributed by atoms with E-state index < -0.39 is 0 Å². The Morgan fingerprint density at radius 2 is 0.811 bits per heavy atom. The van der Waals surface area contributed by atoms with Crippen molar-refractivity contribution < 1.29 is 9.30 Å². The summed E-state index contributed by atoms with van der Waals surface area (Å²) < 4.78 is 13.5. The van der Waals surface area contributed by atoms with Gasteiger partial charge in [-0.15, -0.1) is 0 Å². The molecule has 6 nitrogen and oxygen atoms in total. The molecular weight excluding hydrogens is 1160 g/mol. The summed E-state index contributed by atoms with van der Waals surface area (Å²) >= 11 is 0. The second-order valence-corrected chi connectivity index (χ2v) is 29.5. The second-order valence-electron chi connectivity index (χ2n) is 29.5. The highest BCUT2D eigenvalue weighted by Gasteiger charge is 2.28. The van der Waals surface area contributed by atoms with Crippen LogP contribution in [-0.2, 0) is 21.7 Å². The maximum atomic E-state index is 7.05. The summed E-state index contributed by atoms with van der Waals surface area (Å²) in [7, 11) is 0. The van der Waals surface area contributed by atoms with E-state index in [4.69, 9.17) is 14.8 Å².